The van der Waals surface area contributed by atoms with Gasteiger partial charge < -0.3 is 0 Å². The van der Waals surface area contributed by atoms with Gasteiger partial charge in [0.25, 0.3) is 0 Å². The Morgan fingerprint density at radius 3 is 2.58 bits per heavy atom. The number of benzene rings is 1. The van der Waals surface area contributed by atoms with Crippen molar-refractivity contribution in [3.05, 3.63) is 51.5 Å². The molecule has 1 unspecified atom stereocenters. The number of thiophene rings is 1. The third-order valence-electron chi connectivity index (χ3n) is 6.06. The first-order chi connectivity index (χ1) is 12.2. The quantitative estimate of drug-likeness (QED) is 0.455. The van der Waals surface area contributed by atoms with Gasteiger partial charge in [-0.1, -0.05) is 36.8 Å². The number of halogens is 1. The van der Waals surface area contributed by atoms with Crippen LogP contribution in [0, 0.1) is 12.8 Å². The summed E-state index contributed by atoms with van der Waals surface area (Å²) in [4.78, 5) is 8.09. The van der Waals surface area contributed by atoms with Crippen molar-refractivity contribution < 1.29 is 0 Å². The summed E-state index contributed by atoms with van der Waals surface area (Å²) in [5, 5.41) is 1.50. The van der Waals surface area contributed by atoms with Gasteiger partial charge >= 0.3 is 0 Å². The number of rotatable bonds is 1. The van der Waals surface area contributed by atoms with Crippen LogP contribution in [0.25, 0.3) is 21.3 Å². The minimum absolute atomic E-state index is 0. The standard InChI is InChI=1S/C23H25NS.ClH/c1-14-7-10-16(11-8-14)21-18-13-15(2)9-12-19(18)24-23-22(21)17-5-3-4-6-20(17)25-23;/h7-8,10-11,15H,3-6,9,12-13H2,1-2H3;1H. The molecule has 2 aliphatic rings. The van der Waals surface area contributed by atoms with Crippen LogP contribution in [0.4, 0.5) is 0 Å². The average Bonchev–Trinajstić information content (AvgIpc) is 2.99. The van der Waals surface area contributed by atoms with Crippen molar-refractivity contribution in [3.63, 3.8) is 0 Å². The number of fused-ring (bicyclic) bond motifs is 4. The Balaban J connectivity index is 0.00000168. The maximum Gasteiger partial charge on any atom is 0.124 e. The van der Waals surface area contributed by atoms with Gasteiger partial charge in [0.15, 0.2) is 0 Å². The van der Waals surface area contributed by atoms with Gasteiger partial charge in [-0.05, 0) is 80.0 Å². The molecular formula is C23H26ClNS. The second-order valence-corrected chi connectivity index (χ2v) is 9.10. The van der Waals surface area contributed by atoms with E-state index in [1.807, 2.05) is 11.3 Å². The van der Waals surface area contributed by atoms with E-state index in [0.717, 1.165) is 12.3 Å². The zero-order chi connectivity index (χ0) is 17.0. The van der Waals surface area contributed by atoms with Crippen LogP contribution in [0.3, 0.4) is 0 Å². The van der Waals surface area contributed by atoms with Gasteiger partial charge in [0, 0.05) is 16.0 Å². The van der Waals surface area contributed by atoms with Crippen molar-refractivity contribution in [2.75, 3.05) is 0 Å². The second-order valence-electron chi connectivity index (χ2n) is 8.02. The molecule has 1 atom stereocenters. The Labute approximate surface area is 166 Å². The number of hydrogen-bond donors (Lipinski definition) is 0. The average molecular weight is 384 g/mol. The molecule has 0 saturated carbocycles. The fourth-order valence-electron chi connectivity index (χ4n) is 4.67. The predicted octanol–water partition coefficient (Wildman–Crippen LogP) is 6.70. The van der Waals surface area contributed by atoms with Crippen molar-refractivity contribution in [3.8, 4) is 11.1 Å². The first-order valence-corrected chi connectivity index (χ1v) is 10.6. The summed E-state index contributed by atoms with van der Waals surface area (Å²) >= 11 is 1.97. The van der Waals surface area contributed by atoms with E-state index in [9.17, 15) is 0 Å². The number of hydrogen-bond acceptors (Lipinski definition) is 2. The van der Waals surface area contributed by atoms with Crippen LogP contribution in [0.5, 0.6) is 0 Å². The summed E-state index contributed by atoms with van der Waals surface area (Å²) in [5.74, 6) is 0.769. The minimum Gasteiger partial charge on any atom is -0.242 e. The van der Waals surface area contributed by atoms with E-state index in [4.69, 9.17) is 4.98 Å². The topological polar surface area (TPSA) is 12.9 Å². The molecule has 1 nitrogen and oxygen atoms in total. The highest BCUT2D eigenvalue weighted by Gasteiger charge is 2.27. The zero-order valence-electron chi connectivity index (χ0n) is 15.6. The van der Waals surface area contributed by atoms with E-state index in [2.05, 4.69) is 38.1 Å². The van der Waals surface area contributed by atoms with Crippen LogP contribution in [0.1, 0.15) is 53.4 Å². The fourth-order valence-corrected chi connectivity index (χ4v) is 5.96. The molecule has 0 N–H and O–H groups in total. The number of nitrogens with zero attached hydrogens (tertiary/aromatic N) is 1. The van der Waals surface area contributed by atoms with Crippen molar-refractivity contribution in [2.45, 2.75) is 58.8 Å². The molecule has 1 aromatic carbocycles. The fraction of sp³-hybridized carbons (Fsp3) is 0.435. The Kier molecular flexibility index (Phi) is 4.83. The largest absolute Gasteiger partial charge is 0.242 e. The lowest BCUT2D eigenvalue weighted by Gasteiger charge is -2.25. The monoisotopic (exact) mass is 383 g/mol. The smallest absolute Gasteiger partial charge is 0.124 e. The summed E-state index contributed by atoms with van der Waals surface area (Å²) in [5.41, 5.74) is 8.79. The molecule has 136 valence electrons. The number of aryl methyl sites for hydroxylation is 4. The summed E-state index contributed by atoms with van der Waals surface area (Å²) in [7, 11) is 0. The maximum atomic E-state index is 5.18. The lowest BCUT2D eigenvalue weighted by molar-refractivity contribution is 0.496. The van der Waals surface area contributed by atoms with Gasteiger partial charge in [0.2, 0.25) is 0 Å². The normalized spacial score (nSPS) is 18.9. The molecule has 0 bridgehead atoms. The molecule has 0 fully saturated rings. The Bertz CT molecular complexity index is 955. The second kappa shape index (κ2) is 6.98. The number of aromatic nitrogens is 1. The third-order valence-corrected chi connectivity index (χ3v) is 7.24. The molecule has 2 heterocycles. The molecule has 2 aromatic heterocycles. The van der Waals surface area contributed by atoms with Crippen molar-refractivity contribution in [2.24, 2.45) is 5.92 Å². The molecule has 0 amide bonds. The van der Waals surface area contributed by atoms with E-state index in [1.54, 1.807) is 16.0 Å². The molecule has 3 heteroatoms. The molecule has 5 rings (SSSR count). The van der Waals surface area contributed by atoms with Gasteiger partial charge in [-0.25, -0.2) is 4.98 Å². The molecule has 0 spiro atoms. The van der Waals surface area contributed by atoms with E-state index in [0.29, 0.717) is 0 Å². The maximum absolute atomic E-state index is 5.18. The lowest BCUT2D eigenvalue weighted by atomic mass is 9.81. The lowest BCUT2D eigenvalue weighted by Crippen LogP contribution is -2.14. The summed E-state index contributed by atoms with van der Waals surface area (Å²) in [6.07, 6.45) is 8.79. The van der Waals surface area contributed by atoms with Crippen molar-refractivity contribution in [1.29, 1.82) is 0 Å². The molecule has 26 heavy (non-hydrogen) atoms. The number of pyridine rings is 1. The van der Waals surface area contributed by atoms with Crippen LogP contribution in [-0.4, -0.2) is 4.98 Å². The van der Waals surface area contributed by atoms with E-state index in [-0.39, 0.29) is 12.4 Å². The van der Waals surface area contributed by atoms with Crippen LogP contribution in [0.15, 0.2) is 24.3 Å². The van der Waals surface area contributed by atoms with Crippen LogP contribution in [-0.2, 0) is 25.7 Å². The van der Waals surface area contributed by atoms with Crippen molar-refractivity contribution in [1.82, 2.24) is 4.98 Å². The van der Waals surface area contributed by atoms with Gasteiger partial charge in [-0.2, -0.15) is 0 Å². The highest BCUT2D eigenvalue weighted by Crippen LogP contribution is 2.45. The van der Waals surface area contributed by atoms with E-state index >= 15 is 0 Å². The molecule has 0 aliphatic heterocycles. The zero-order valence-corrected chi connectivity index (χ0v) is 17.2. The highest BCUT2D eigenvalue weighted by atomic mass is 35.5. The first kappa shape index (κ1) is 18.0. The molecule has 0 radical (unpaired) electrons. The van der Waals surface area contributed by atoms with Gasteiger partial charge in [0.1, 0.15) is 4.83 Å². The molecule has 0 saturated heterocycles. The Morgan fingerprint density at radius 1 is 1.00 bits per heavy atom. The van der Waals surface area contributed by atoms with Crippen LogP contribution >= 0.6 is 23.7 Å². The van der Waals surface area contributed by atoms with E-state index in [1.165, 1.54) is 71.1 Å². The highest BCUT2D eigenvalue weighted by molar-refractivity contribution is 7.19. The SMILES string of the molecule is Cc1ccc(-c2c3c(nc4sc5c(c24)CCCC5)CCC(C)C3)cc1.Cl. The molecule has 3 aromatic rings. The summed E-state index contributed by atoms with van der Waals surface area (Å²) < 4.78 is 0. The predicted molar refractivity (Wildman–Crippen MR) is 115 cm³/mol. The van der Waals surface area contributed by atoms with Crippen LogP contribution in [0.2, 0.25) is 0 Å². The van der Waals surface area contributed by atoms with E-state index < -0.39 is 0 Å². The van der Waals surface area contributed by atoms with Crippen molar-refractivity contribution >= 4 is 34.0 Å². The molecular weight excluding hydrogens is 358 g/mol. The summed E-state index contributed by atoms with van der Waals surface area (Å²) in [6, 6.07) is 9.19. The van der Waals surface area contributed by atoms with Gasteiger partial charge in [-0.15, -0.1) is 23.7 Å². The first-order valence-electron chi connectivity index (χ1n) is 9.73. The summed E-state index contributed by atoms with van der Waals surface area (Å²) in [6.45, 7) is 4.57. The minimum atomic E-state index is 0. The van der Waals surface area contributed by atoms with Gasteiger partial charge in [0.05, 0.1) is 0 Å². The van der Waals surface area contributed by atoms with Crippen LogP contribution < -0.4 is 0 Å². The third kappa shape index (κ3) is 2.88. The Hall–Kier alpha value is -1.38. The van der Waals surface area contributed by atoms with Gasteiger partial charge in [-0.3, -0.25) is 0 Å². The Morgan fingerprint density at radius 2 is 1.77 bits per heavy atom. The molecule has 2 aliphatic carbocycles.